The molecule has 1 fully saturated rings. The molecule has 22 heavy (non-hydrogen) atoms. The first-order valence-electron chi connectivity index (χ1n) is 7.46. The van der Waals surface area contributed by atoms with Crippen molar-refractivity contribution in [2.24, 2.45) is 0 Å². The first-order chi connectivity index (χ1) is 10.5. The van der Waals surface area contributed by atoms with Gasteiger partial charge in [0.2, 0.25) is 5.91 Å². The Morgan fingerprint density at radius 2 is 2.23 bits per heavy atom. The number of benzene rings is 1. The molecule has 0 saturated carbocycles. The molecule has 1 aromatic carbocycles. The summed E-state index contributed by atoms with van der Waals surface area (Å²) in [6, 6.07) is 4.55. The zero-order chi connectivity index (χ0) is 16.1. The Labute approximate surface area is 134 Å². The van der Waals surface area contributed by atoms with Crippen LogP contribution in [0, 0.1) is 0 Å². The number of ether oxygens (including phenoxy) is 1. The molecule has 0 aromatic heterocycles. The van der Waals surface area contributed by atoms with Gasteiger partial charge in [-0.2, -0.15) is 0 Å². The van der Waals surface area contributed by atoms with Crippen molar-refractivity contribution in [2.45, 2.75) is 38.6 Å². The third-order valence-electron chi connectivity index (χ3n) is 3.67. The topological polar surface area (TPSA) is 66.8 Å². The third-order valence-corrected chi connectivity index (χ3v) is 3.97. The predicted molar refractivity (Wildman–Crippen MR) is 83.3 cm³/mol. The molecular formula is C16H20ClNO4. The zero-order valence-electron chi connectivity index (χ0n) is 12.5. The van der Waals surface area contributed by atoms with E-state index in [1.54, 1.807) is 18.2 Å². The first-order valence-corrected chi connectivity index (χ1v) is 7.84. The number of hydrogen-bond donors (Lipinski definition) is 1. The molecule has 1 amide bonds. The Hall–Kier alpha value is -1.75. The molecule has 5 nitrogen and oxygen atoms in total. The van der Waals surface area contributed by atoms with Gasteiger partial charge >= 0.3 is 5.97 Å². The van der Waals surface area contributed by atoms with E-state index in [4.69, 9.17) is 21.4 Å². The average molecular weight is 326 g/mol. The summed E-state index contributed by atoms with van der Waals surface area (Å²) >= 11 is 6.14. The van der Waals surface area contributed by atoms with E-state index < -0.39 is 12.0 Å². The number of nitrogens with zero attached hydrogens (tertiary/aromatic N) is 1. The molecule has 1 aliphatic heterocycles. The second-order valence-electron chi connectivity index (χ2n) is 5.37. The van der Waals surface area contributed by atoms with Gasteiger partial charge in [0.25, 0.3) is 0 Å². The van der Waals surface area contributed by atoms with Gasteiger partial charge in [-0.05, 0) is 37.0 Å². The minimum Gasteiger partial charge on any atom is -0.492 e. The van der Waals surface area contributed by atoms with Crippen molar-refractivity contribution in [1.82, 2.24) is 4.90 Å². The lowest BCUT2D eigenvalue weighted by atomic mass is 10.1. The Bertz CT molecular complexity index is 561. The van der Waals surface area contributed by atoms with Gasteiger partial charge in [-0.3, -0.25) is 4.79 Å². The molecule has 1 atom stereocenters. The lowest BCUT2D eigenvalue weighted by Gasteiger charge is -2.21. The molecule has 120 valence electrons. The van der Waals surface area contributed by atoms with Crippen LogP contribution in [-0.4, -0.2) is 41.1 Å². The number of likely N-dealkylation sites (tertiary alicyclic amines) is 1. The first kappa shape index (κ1) is 16.6. The molecule has 1 aromatic rings. The summed E-state index contributed by atoms with van der Waals surface area (Å²) in [6.45, 7) is 3.10. The van der Waals surface area contributed by atoms with E-state index in [0.717, 1.165) is 18.4 Å². The van der Waals surface area contributed by atoms with E-state index in [1.807, 2.05) is 6.92 Å². The Morgan fingerprint density at radius 1 is 1.45 bits per heavy atom. The number of rotatable bonds is 6. The van der Waals surface area contributed by atoms with Crippen molar-refractivity contribution in [3.05, 3.63) is 28.8 Å². The van der Waals surface area contributed by atoms with Crippen LogP contribution < -0.4 is 4.74 Å². The largest absolute Gasteiger partial charge is 0.492 e. The van der Waals surface area contributed by atoms with Gasteiger partial charge in [0.05, 0.1) is 18.1 Å². The van der Waals surface area contributed by atoms with Gasteiger partial charge in [-0.25, -0.2) is 4.79 Å². The molecule has 2 rings (SSSR count). The van der Waals surface area contributed by atoms with Crippen LogP contribution >= 0.6 is 11.6 Å². The average Bonchev–Trinajstić information content (AvgIpc) is 2.96. The Morgan fingerprint density at radius 3 is 2.86 bits per heavy atom. The number of aliphatic carboxylic acids is 1. The van der Waals surface area contributed by atoms with E-state index in [-0.39, 0.29) is 12.3 Å². The van der Waals surface area contributed by atoms with Crippen molar-refractivity contribution in [3.8, 4) is 5.75 Å². The number of carbonyl (C=O) groups is 2. The highest BCUT2D eigenvalue weighted by Crippen LogP contribution is 2.26. The molecule has 1 heterocycles. The van der Waals surface area contributed by atoms with Gasteiger partial charge in [0.1, 0.15) is 11.8 Å². The number of halogens is 1. The second-order valence-corrected chi connectivity index (χ2v) is 5.78. The fraction of sp³-hybridized carbons (Fsp3) is 0.500. The van der Waals surface area contributed by atoms with Gasteiger partial charge in [0.15, 0.2) is 0 Å². The van der Waals surface area contributed by atoms with Gasteiger partial charge in [-0.1, -0.05) is 24.6 Å². The highest BCUT2D eigenvalue weighted by molar-refractivity contribution is 6.32. The Balaban J connectivity index is 2.02. The minimum absolute atomic E-state index is 0.150. The number of hydrogen-bond acceptors (Lipinski definition) is 3. The fourth-order valence-electron chi connectivity index (χ4n) is 2.58. The molecule has 0 aliphatic carbocycles. The Kier molecular flexibility index (Phi) is 5.66. The van der Waals surface area contributed by atoms with Gasteiger partial charge in [0, 0.05) is 6.54 Å². The van der Waals surface area contributed by atoms with E-state index in [1.165, 1.54) is 4.90 Å². The number of carboxylic acid groups (broad SMARTS) is 1. The lowest BCUT2D eigenvalue weighted by molar-refractivity contribution is -0.148. The van der Waals surface area contributed by atoms with Crippen LogP contribution in [0.15, 0.2) is 18.2 Å². The van der Waals surface area contributed by atoms with Crippen LogP contribution in [0.2, 0.25) is 5.02 Å². The van der Waals surface area contributed by atoms with Crippen LogP contribution in [0.3, 0.4) is 0 Å². The van der Waals surface area contributed by atoms with E-state index in [2.05, 4.69) is 0 Å². The van der Waals surface area contributed by atoms with E-state index in [0.29, 0.717) is 30.3 Å². The smallest absolute Gasteiger partial charge is 0.326 e. The van der Waals surface area contributed by atoms with Crippen LogP contribution in [0.4, 0.5) is 0 Å². The fourth-order valence-corrected chi connectivity index (χ4v) is 2.84. The molecule has 0 radical (unpaired) electrons. The molecule has 0 spiro atoms. The third kappa shape index (κ3) is 3.91. The van der Waals surface area contributed by atoms with Crippen molar-refractivity contribution in [2.75, 3.05) is 13.2 Å². The molecule has 1 saturated heterocycles. The number of amides is 1. The quantitative estimate of drug-likeness (QED) is 0.873. The van der Waals surface area contributed by atoms with Crippen LogP contribution in [0.1, 0.15) is 31.7 Å². The van der Waals surface area contributed by atoms with E-state index in [9.17, 15) is 9.59 Å². The van der Waals surface area contributed by atoms with Gasteiger partial charge in [-0.15, -0.1) is 0 Å². The normalized spacial score (nSPS) is 17.5. The van der Waals surface area contributed by atoms with Crippen molar-refractivity contribution in [3.63, 3.8) is 0 Å². The highest BCUT2D eigenvalue weighted by Gasteiger charge is 2.33. The highest BCUT2D eigenvalue weighted by atomic mass is 35.5. The maximum absolute atomic E-state index is 12.3. The zero-order valence-corrected chi connectivity index (χ0v) is 13.3. The maximum atomic E-state index is 12.3. The summed E-state index contributed by atoms with van der Waals surface area (Å²) in [4.78, 5) is 24.9. The molecular weight excluding hydrogens is 306 g/mol. The van der Waals surface area contributed by atoms with Crippen molar-refractivity contribution >= 4 is 23.5 Å². The summed E-state index contributed by atoms with van der Waals surface area (Å²) < 4.78 is 5.49. The van der Waals surface area contributed by atoms with Crippen LogP contribution in [0.25, 0.3) is 0 Å². The van der Waals surface area contributed by atoms with E-state index >= 15 is 0 Å². The lowest BCUT2D eigenvalue weighted by Crippen LogP contribution is -2.41. The monoisotopic (exact) mass is 325 g/mol. The predicted octanol–water partition coefficient (Wildman–Crippen LogP) is 2.75. The number of carbonyl (C=O) groups excluding carboxylic acids is 1. The van der Waals surface area contributed by atoms with Crippen LogP contribution in [-0.2, 0) is 16.0 Å². The summed E-state index contributed by atoms with van der Waals surface area (Å²) in [7, 11) is 0. The van der Waals surface area contributed by atoms with Crippen LogP contribution in [0.5, 0.6) is 5.75 Å². The summed E-state index contributed by atoms with van der Waals surface area (Å²) in [6.07, 6.45) is 2.29. The molecule has 6 heteroatoms. The molecule has 1 unspecified atom stereocenters. The van der Waals surface area contributed by atoms with Gasteiger partial charge < -0.3 is 14.7 Å². The second kappa shape index (κ2) is 7.49. The molecule has 1 N–H and O–H groups in total. The van der Waals surface area contributed by atoms with Crippen molar-refractivity contribution in [1.29, 1.82) is 0 Å². The minimum atomic E-state index is -0.938. The molecule has 0 bridgehead atoms. The maximum Gasteiger partial charge on any atom is 0.326 e. The summed E-state index contributed by atoms with van der Waals surface area (Å²) in [5, 5.41) is 9.60. The summed E-state index contributed by atoms with van der Waals surface area (Å²) in [5.74, 6) is -0.514. The van der Waals surface area contributed by atoms with Crippen molar-refractivity contribution < 1.29 is 19.4 Å². The number of carboxylic acids is 1. The standard InChI is InChI=1S/C16H20ClNO4/c1-2-8-22-14-6-5-11(9-12(14)17)10-15(19)18-7-3-4-13(18)16(20)21/h5-6,9,13H,2-4,7-8,10H2,1H3,(H,20,21). The SMILES string of the molecule is CCCOc1ccc(CC(=O)N2CCCC2C(=O)O)cc1Cl. The summed E-state index contributed by atoms with van der Waals surface area (Å²) in [5.41, 5.74) is 0.759. The molecule has 1 aliphatic rings.